The maximum atomic E-state index is 5.41. The third-order valence-corrected chi connectivity index (χ3v) is 10.8. The molecule has 2 heterocycles. The van der Waals surface area contributed by atoms with Crippen LogP contribution in [-0.2, 0) is 0 Å². The van der Waals surface area contributed by atoms with Gasteiger partial charge in [0, 0.05) is 36.9 Å². The molecule has 8 aromatic carbocycles. The molecule has 10 rings (SSSR count). The maximum absolute atomic E-state index is 5.41. The van der Waals surface area contributed by atoms with Gasteiger partial charge in [-0.3, -0.25) is 0 Å². The van der Waals surface area contributed by atoms with Gasteiger partial charge in [-0.1, -0.05) is 140 Å². The Morgan fingerprint density at radius 1 is 0.327 bits per heavy atom. The normalized spacial score (nSPS) is 11.7. The first-order valence-electron chi connectivity index (χ1n) is 16.6. The van der Waals surface area contributed by atoms with E-state index in [2.05, 4.69) is 170 Å². The van der Waals surface area contributed by atoms with Gasteiger partial charge < -0.3 is 0 Å². The molecule has 0 saturated carbocycles. The molecule has 0 aliphatic rings. The average Bonchev–Trinajstić information content (AvgIpc) is 3.55. The van der Waals surface area contributed by atoms with Crippen LogP contribution in [0.4, 0.5) is 0 Å². The Morgan fingerprint density at radius 2 is 0.939 bits per heavy atom. The minimum absolute atomic E-state index is 0.729. The van der Waals surface area contributed by atoms with Gasteiger partial charge in [0.1, 0.15) is 0 Å². The third-order valence-electron chi connectivity index (χ3n) is 9.68. The molecule has 10 aromatic rings. The van der Waals surface area contributed by atoms with Crippen LogP contribution in [0, 0.1) is 0 Å². The smallest absolute Gasteiger partial charge is 0.161 e. The number of hydrogen-bond donors (Lipinski definition) is 0. The summed E-state index contributed by atoms with van der Waals surface area (Å²) in [5.41, 5.74) is 7.38. The molecule has 0 radical (unpaired) electrons. The van der Waals surface area contributed by atoms with Gasteiger partial charge in [-0.05, 0) is 73.8 Å². The lowest BCUT2D eigenvalue weighted by molar-refractivity contribution is 1.19. The van der Waals surface area contributed by atoms with Crippen molar-refractivity contribution < 1.29 is 0 Å². The summed E-state index contributed by atoms with van der Waals surface area (Å²) >= 11 is 1.84. The summed E-state index contributed by atoms with van der Waals surface area (Å²) in [6.45, 7) is 0. The molecule has 3 heteroatoms. The first kappa shape index (κ1) is 27.9. The zero-order valence-corrected chi connectivity index (χ0v) is 27.3. The Bertz CT molecular complexity index is 2870. The zero-order valence-electron chi connectivity index (χ0n) is 26.5. The van der Waals surface area contributed by atoms with E-state index < -0.39 is 0 Å². The van der Waals surface area contributed by atoms with Crippen molar-refractivity contribution in [3.63, 3.8) is 0 Å². The lowest BCUT2D eigenvalue weighted by atomic mass is 9.92. The molecule has 2 aromatic heterocycles. The van der Waals surface area contributed by atoms with Crippen molar-refractivity contribution in [2.24, 2.45) is 0 Å². The molecule has 0 aliphatic carbocycles. The minimum Gasteiger partial charge on any atom is -0.228 e. The Kier molecular flexibility index (Phi) is 6.39. The van der Waals surface area contributed by atoms with Gasteiger partial charge >= 0.3 is 0 Å². The molecule has 0 fully saturated rings. The second kappa shape index (κ2) is 11.2. The van der Waals surface area contributed by atoms with Gasteiger partial charge in [0.25, 0.3) is 0 Å². The van der Waals surface area contributed by atoms with Crippen LogP contribution in [0.25, 0.3) is 97.5 Å². The van der Waals surface area contributed by atoms with Crippen molar-refractivity contribution in [3.8, 4) is 45.0 Å². The second-order valence-corrected chi connectivity index (χ2v) is 13.7. The summed E-state index contributed by atoms with van der Waals surface area (Å²) in [7, 11) is 0. The van der Waals surface area contributed by atoms with Crippen LogP contribution in [0.1, 0.15) is 0 Å². The van der Waals surface area contributed by atoms with E-state index in [-0.39, 0.29) is 0 Å². The minimum atomic E-state index is 0.729. The molecule has 228 valence electrons. The fourth-order valence-electron chi connectivity index (χ4n) is 7.27. The molecule has 0 N–H and O–H groups in total. The van der Waals surface area contributed by atoms with Crippen molar-refractivity contribution in [1.82, 2.24) is 9.97 Å². The van der Waals surface area contributed by atoms with E-state index in [4.69, 9.17) is 9.97 Å². The second-order valence-electron chi connectivity index (χ2n) is 12.6. The number of thiophene rings is 1. The van der Waals surface area contributed by atoms with E-state index in [9.17, 15) is 0 Å². The highest BCUT2D eigenvalue weighted by atomic mass is 32.1. The number of fused-ring (bicyclic) bond motifs is 7. The third kappa shape index (κ3) is 4.70. The number of benzene rings is 8. The summed E-state index contributed by atoms with van der Waals surface area (Å²) in [6, 6.07) is 60.8. The molecule has 0 amide bonds. The standard InChI is InChI=1S/C46H28N2S/c1-2-10-29(11-3-1)30-18-20-32(21-19-30)41-28-42(34-23-25-44-40(27-34)37-16-8-9-17-43(37)49-44)48-46(47-41)45-36-15-7-5-13-33(36)26-39-35-14-6-4-12-31(35)22-24-38(39)45/h1-28H. The van der Waals surface area contributed by atoms with Crippen molar-refractivity contribution in [3.05, 3.63) is 170 Å². The number of nitrogens with zero attached hydrogens (tertiary/aromatic N) is 2. The molecule has 0 atom stereocenters. The van der Waals surface area contributed by atoms with Crippen molar-refractivity contribution >= 4 is 63.8 Å². The molecule has 49 heavy (non-hydrogen) atoms. The summed E-state index contributed by atoms with van der Waals surface area (Å²) in [5, 5.41) is 9.68. The van der Waals surface area contributed by atoms with Crippen LogP contribution in [0.3, 0.4) is 0 Å². The first-order valence-corrected chi connectivity index (χ1v) is 17.4. The average molecular weight is 641 g/mol. The number of rotatable bonds is 4. The highest BCUT2D eigenvalue weighted by molar-refractivity contribution is 7.25. The molecule has 0 spiro atoms. The van der Waals surface area contributed by atoms with Gasteiger partial charge in [0.05, 0.1) is 11.4 Å². The van der Waals surface area contributed by atoms with Crippen molar-refractivity contribution in [2.45, 2.75) is 0 Å². The van der Waals surface area contributed by atoms with E-state index in [1.165, 1.54) is 52.8 Å². The Hall–Kier alpha value is -6.16. The van der Waals surface area contributed by atoms with Gasteiger partial charge in [0.2, 0.25) is 0 Å². The van der Waals surface area contributed by atoms with Crippen LogP contribution < -0.4 is 0 Å². The number of aromatic nitrogens is 2. The maximum Gasteiger partial charge on any atom is 0.161 e. The van der Waals surface area contributed by atoms with E-state index in [0.717, 1.165) is 44.7 Å². The van der Waals surface area contributed by atoms with Crippen molar-refractivity contribution in [2.75, 3.05) is 0 Å². The highest BCUT2D eigenvalue weighted by Crippen LogP contribution is 2.41. The fourth-order valence-corrected chi connectivity index (χ4v) is 8.35. The van der Waals surface area contributed by atoms with Crippen LogP contribution in [0.2, 0.25) is 0 Å². The predicted octanol–water partition coefficient (Wildman–Crippen LogP) is 13.0. The zero-order chi connectivity index (χ0) is 32.3. The van der Waals surface area contributed by atoms with Crippen LogP contribution >= 0.6 is 11.3 Å². The van der Waals surface area contributed by atoms with Gasteiger partial charge in [0.15, 0.2) is 5.82 Å². The Labute approximate surface area is 287 Å². The van der Waals surface area contributed by atoms with E-state index in [1.54, 1.807) is 0 Å². The van der Waals surface area contributed by atoms with Gasteiger partial charge in [-0.2, -0.15) is 0 Å². The summed E-state index contributed by atoms with van der Waals surface area (Å²) < 4.78 is 2.58. The number of hydrogen-bond acceptors (Lipinski definition) is 3. The van der Waals surface area contributed by atoms with Crippen LogP contribution in [0.5, 0.6) is 0 Å². The molecule has 0 aliphatic heterocycles. The van der Waals surface area contributed by atoms with Gasteiger partial charge in [-0.15, -0.1) is 11.3 Å². The Morgan fingerprint density at radius 3 is 1.78 bits per heavy atom. The SMILES string of the molecule is c1ccc(-c2ccc(-c3cc(-c4ccc5sc6ccccc6c5c4)nc(-c4c5ccccc5cc5c4ccc4ccccc45)n3)cc2)cc1. The monoisotopic (exact) mass is 640 g/mol. The van der Waals surface area contributed by atoms with Crippen LogP contribution in [0.15, 0.2) is 170 Å². The van der Waals surface area contributed by atoms with E-state index in [1.807, 2.05) is 11.3 Å². The topological polar surface area (TPSA) is 25.8 Å². The Balaban J connectivity index is 1.24. The molecule has 0 bridgehead atoms. The molecule has 0 unspecified atom stereocenters. The molecule has 0 saturated heterocycles. The highest BCUT2D eigenvalue weighted by Gasteiger charge is 2.18. The quantitative estimate of drug-likeness (QED) is 0.141. The molecular weight excluding hydrogens is 613 g/mol. The van der Waals surface area contributed by atoms with Gasteiger partial charge in [-0.25, -0.2) is 9.97 Å². The molecular formula is C46H28N2S. The summed E-state index contributed by atoms with van der Waals surface area (Å²) in [4.78, 5) is 10.8. The van der Waals surface area contributed by atoms with Crippen LogP contribution in [-0.4, -0.2) is 9.97 Å². The lowest BCUT2D eigenvalue weighted by Gasteiger charge is -2.15. The summed E-state index contributed by atoms with van der Waals surface area (Å²) in [5.74, 6) is 0.729. The van der Waals surface area contributed by atoms with E-state index >= 15 is 0 Å². The predicted molar refractivity (Wildman–Crippen MR) is 209 cm³/mol. The van der Waals surface area contributed by atoms with E-state index in [0.29, 0.717) is 0 Å². The first-order chi connectivity index (χ1) is 24.3. The molecule has 2 nitrogen and oxygen atoms in total. The fraction of sp³-hybridized carbons (Fsp3) is 0. The summed E-state index contributed by atoms with van der Waals surface area (Å²) in [6.07, 6.45) is 0. The van der Waals surface area contributed by atoms with Crippen molar-refractivity contribution in [1.29, 1.82) is 0 Å². The largest absolute Gasteiger partial charge is 0.228 e. The lowest BCUT2D eigenvalue weighted by Crippen LogP contribution is -1.98.